The first-order chi connectivity index (χ1) is 8.29. The lowest BCUT2D eigenvalue weighted by Gasteiger charge is -2.31. The highest BCUT2D eigenvalue weighted by molar-refractivity contribution is 5.70. The molecule has 0 saturated heterocycles. The van der Waals surface area contributed by atoms with Crippen molar-refractivity contribution in [1.29, 1.82) is 0 Å². The molecular formula is C13H22NO4-. The molecule has 0 spiro atoms. The second-order valence-corrected chi connectivity index (χ2v) is 5.73. The molecule has 0 heterocycles. The lowest BCUT2D eigenvalue weighted by molar-refractivity contribution is -0.305. The zero-order chi connectivity index (χ0) is 13.8. The molecular weight excluding hydrogens is 234 g/mol. The Labute approximate surface area is 108 Å². The van der Waals surface area contributed by atoms with Crippen LogP contribution in [0.25, 0.3) is 0 Å². The minimum Gasteiger partial charge on any atom is -0.550 e. The van der Waals surface area contributed by atoms with Gasteiger partial charge in [-0.05, 0) is 33.6 Å². The van der Waals surface area contributed by atoms with Crippen molar-refractivity contribution in [2.24, 2.45) is 0 Å². The third-order valence-corrected chi connectivity index (χ3v) is 2.95. The first-order valence-corrected chi connectivity index (χ1v) is 6.49. The summed E-state index contributed by atoms with van der Waals surface area (Å²) in [6, 6.07) is 0.110. The van der Waals surface area contributed by atoms with Gasteiger partial charge in [-0.25, -0.2) is 4.79 Å². The summed E-state index contributed by atoms with van der Waals surface area (Å²) in [4.78, 5) is 24.1. The van der Waals surface area contributed by atoms with Gasteiger partial charge in [0.15, 0.2) is 0 Å². The topological polar surface area (TPSA) is 69.7 Å². The Kier molecular flexibility index (Phi) is 4.99. The van der Waals surface area contributed by atoms with E-state index in [9.17, 15) is 14.7 Å². The maximum atomic E-state index is 12.0. The molecule has 5 nitrogen and oxygen atoms in total. The van der Waals surface area contributed by atoms with Crippen LogP contribution in [0.15, 0.2) is 0 Å². The molecule has 1 aliphatic carbocycles. The van der Waals surface area contributed by atoms with Gasteiger partial charge in [0.25, 0.3) is 0 Å². The van der Waals surface area contributed by atoms with Gasteiger partial charge in [-0.15, -0.1) is 0 Å². The van der Waals surface area contributed by atoms with E-state index in [0.29, 0.717) is 0 Å². The number of amides is 1. The lowest BCUT2D eigenvalue weighted by Crippen LogP contribution is -2.44. The average molecular weight is 256 g/mol. The number of hydrogen-bond donors (Lipinski definition) is 0. The van der Waals surface area contributed by atoms with Gasteiger partial charge in [-0.1, -0.05) is 12.8 Å². The summed E-state index contributed by atoms with van der Waals surface area (Å²) in [5.41, 5.74) is -0.560. The van der Waals surface area contributed by atoms with Crippen molar-refractivity contribution in [1.82, 2.24) is 4.90 Å². The molecule has 0 bridgehead atoms. The summed E-state index contributed by atoms with van der Waals surface area (Å²) >= 11 is 0. The summed E-state index contributed by atoms with van der Waals surface area (Å²) < 4.78 is 5.32. The Bertz CT molecular complexity index is 303. The third kappa shape index (κ3) is 4.94. The Hall–Kier alpha value is -1.26. The van der Waals surface area contributed by atoms with Crippen LogP contribution in [0.5, 0.6) is 0 Å². The zero-order valence-electron chi connectivity index (χ0n) is 11.4. The van der Waals surface area contributed by atoms with Crippen LogP contribution in [0.4, 0.5) is 4.79 Å². The van der Waals surface area contributed by atoms with Gasteiger partial charge >= 0.3 is 6.09 Å². The molecule has 5 heteroatoms. The van der Waals surface area contributed by atoms with Crippen LogP contribution in [0.2, 0.25) is 0 Å². The molecule has 1 amide bonds. The largest absolute Gasteiger partial charge is 0.550 e. The molecule has 0 unspecified atom stereocenters. The Morgan fingerprint density at radius 1 is 1.28 bits per heavy atom. The average Bonchev–Trinajstić information content (AvgIpc) is 2.67. The molecule has 0 aliphatic heterocycles. The van der Waals surface area contributed by atoms with E-state index in [2.05, 4.69) is 0 Å². The standard InChI is InChI=1S/C13H23NO4/c1-13(2,3)18-12(17)14(9-8-11(15)16)10-6-4-5-7-10/h10H,4-9H2,1-3H3,(H,15,16)/p-1. The van der Waals surface area contributed by atoms with E-state index in [0.717, 1.165) is 25.7 Å². The molecule has 0 aromatic heterocycles. The van der Waals surface area contributed by atoms with E-state index in [1.165, 1.54) is 0 Å². The number of ether oxygens (including phenoxy) is 1. The van der Waals surface area contributed by atoms with Crippen molar-refractivity contribution in [2.75, 3.05) is 6.54 Å². The van der Waals surface area contributed by atoms with Crippen molar-refractivity contribution >= 4 is 12.1 Å². The molecule has 0 aromatic rings. The molecule has 1 fully saturated rings. The van der Waals surface area contributed by atoms with Gasteiger partial charge < -0.3 is 19.5 Å². The fourth-order valence-electron chi connectivity index (χ4n) is 2.17. The van der Waals surface area contributed by atoms with Gasteiger partial charge in [-0.2, -0.15) is 0 Å². The van der Waals surface area contributed by atoms with Crippen LogP contribution < -0.4 is 5.11 Å². The SMILES string of the molecule is CC(C)(C)OC(=O)N(CCC(=O)[O-])C1CCCC1. The van der Waals surface area contributed by atoms with Gasteiger partial charge in [-0.3, -0.25) is 0 Å². The predicted molar refractivity (Wildman–Crippen MR) is 64.8 cm³/mol. The zero-order valence-corrected chi connectivity index (χ0v) is 11.4. The van der Waals surface area contributed by atoms with Crippen LogP contribution in [0, 0.1) is 0 Å². The fraction of sp³-hybridized carbons (Fsp3) is 0.846. The number of hydrogen-bond acceptors (Lipinski definition) is 4. The quantitative estimate of drug-likeness (QED) is 0.760. The summed E-state index contributed by atoms with van der Waals surface area (Å²) in [5.74, 6) is -1.14. The highest BCUT2D eigenvalue weighted by atomic mass is 16.6. The van der Waals surface area contributed by atoms with E-state index >= 15 is 0 Å². The summed E-state index contributed by atoms with van der Waals surface area (Å²) in [6.45, 7) is 5.57. The van der Waals surface area contributed by atoms with Crippen molar-refractivity contribution in [3.8, 4) is 0 Å². The molecule has 0 atom stereocenters. The minimum absolute atomic E-state index is 0.110. The smallest absolute Gasteiger partial charge is 0.410 e. The normalized spacial score (nSPS) is 16.6. The van der Waals surface area contributed by atoms with Gasteiger partial charge in [0.05, 0.1) is 0 Å². The van der Waals surface area contributed by atoms with Crippen molar-refractivity contribution in [3.05, 3.63) is 0 Å². The highest BCUT2D eigenvalue weighted by Gasteiger charge is 2.29. The predicted octanol–water partition coefficient (Wildman–Crippen LogP) is 1.31. The van der Waals surface area contributed by atoms with E-state index in [4.69, 9.17) is 4.74 Å². The van der Waals surface area contributed by atoms with Crippen LogP contribution in [0.3, 0.4) is 0 Å². The number of carbonyl (C=O) groups excluding carboxylic acids is 2. The molecule has 0 N–H and O–H groups in total. The summed E-state index contributed by atoms with van der Waals surface area (Å²) in [7, 11) is 0. The Balaban J connectivity index is 2.63. The first kappa shape index (κ1) is 14.8. The number of nitrogens with zero attached hydrogens (tertiary/aromatic N) is 1. The van der Waals surface area contributed by atoms with Gasteiger partial charge in [0.2, 0.25) is 0 Å². The highest BCUT2D eigenvalue weighted by Crippen LogP contribution is 2.25. The van der Waals surface area contributed by atoms with Crippen LogP contribution >= 0.6 is 0 Å². The number of carboxylic acid groups (broad SMARTS) is 1. The first-order valence-electron chi connectivity index (χ1n) is 6.49. The van der Waals surface area contributed by atoms with E-state index < -0.39 is 17.7 Å². The second kappa shape index (κ2) is 6.07. The minimum atomic E-state index is -1.14. The number of carboxylic acids is 1. The summed E-state index contributed by atoms with van der Waals surface area (Å²) in [6.07, 6.45) is 3.44. The molecule has 0 radical (unpaired) electrons. The second-order valence-electron chi connectivity index (χ2n) is 5.73. The molecule has 1 saturated carbocycles. The lowest BCUT2D eigenvalue weighted by atomic mass is 10.2. The van der Waals surface area contributed by atoms with E-state index in [1.54, 1.807) is 25.7 Å². The number of aliphatic carboxylic acids is 1. The van der Waals surface area contributed by atoms with Crippen LogP contribution in [-0.4, -0.2) is 35.2 Å². The number of carbonyl (C=O) groups is 2. The molecule has 1 rings (SSSR count). The van der Waals surface area contributed by atoms with Gasteiger partial charge in [0, 0.05) is 25.0 Å². The molecule has 18 heavy (non-hydrogen) atoms. The van der Waals surface area contributed by atoms with Crippen LogP contribution in [-0.2, 0) is 9.53 Å². The van der Waals surface area contributed by atoms with Crippen molar-refractivity contribution in [2.45, 2.75) is 64.5 Å². The monoisotopic (exact) mass is 256 g/mol. The van der Waals surface area contributed by atoms with Crippen molar-refractivity contribution in [3.63, 3.8) is 0 Å². The third-order valence-electron chi connectivity index (χ3n) is 2.95. The Morgan fingerprint density at radius 3 is 2.28 bits per heavy atom. The van der Waals surface area contributed by atoms with Crippen LogP contribution in [0.1, 0.15) is 52.9 Å². The molecule has 104 valence electrons. The van der Waals surface area contributed by atoms with Crippen molar-refractivity contribution < 1.29 is 19.4 Å². The fourth-order valence-corrected chi connectivity index (χ4v) is 2.17. The van der Waals surface area contributed by atoms with E-state index in [-0.39, 0.29) is 19.0 Å². The molecule has 0 aromatic carbocycles. The molecule has 1 aliphatic rings. The number of rotatable bonds is 4. The van der Waals surface area contributed by atoms with E-state index in [1.807, 2.05) is 0 Å². The maximum Gasteiger partial charge on any atom is 0.410 e. The maximum absolute atomic E-state index is 12.0. The van der Waals surface area contributed by atoms with Gasteiger partial charge in [0.1, 0.15) is 5.60 Å². The summed E-state index contributed by atoms with van der Waals surface area (Å²) in [5, 5.41) is 10.5. The Morgan fingerprint density at radius 2 is 1.83 bits per heavy atom.